The molecule has 0 saturated carbocycles. The zero-order valence-electron chi connectivity index (χ0n) is 19.9. The minimum Gasteiger partial charge on any atom is -0.490 e. The largest absolute Gasteiger partial charge is 0.490 e. The number of aromatic nitrogens is 2. The summed E-state index contributed by atoms with van der Waals surface area (Å²) in [6.07, 6.45) is 1.99. The number of hydrogen-bond donors (Lipinski definition) is 0. The van der Waals surface area contributed by atoms with Gasteiger partial charge in [-0.25, -0.2) is 4.98 Å². The maximum atomic E-state index is 13.5. The third-order valence-corrected chi connectivity index (χ3v) is 6.37. The van der Waals surface area contributed by atoms with Crippen molar-refractivity contribution in [2.24, 2.45) is 5.10 Å². The molecule has 0 spiro atoms. The zero-order chi connectivity index (χ0) is 26.1. The summed E-state index contributed by atoms with van der Waals surface area (Å²) in [5, 5.41) is 17.0. The van der Waals surface area contributed by atoms with Crippen LogP contribution in [0.1, 0.15) is 25.8 Å². The normalized spacial score (nSPS) is 12.4. The zero-order valence-corrected chi connectivity index (χ0v) is 21.5. The molecule has 10 heteroatoms. The average molecular weight is 561 g/mol. The third kappa shape index (κ3) is 4.88. The molecule has 0 amide bonds. The number of furan rings is 1. The van der Waals surface area contributed by atoms with Crippen LogP contribution in [-0.4, -0.2) is 26.9 Å². The first-order chi connectivity index (χ1) is 17.8. The van der Waals surface area contributed by atoms with Crippen molar-refractivity contribution < 1.29 is 14.1 Å². The van der Waals surface area contributed by atoms with Gasteiger partial charge in [0.1, 0.15) is 11.3 Å². The van der Waals surface area contributed by atoms with E-state index >= 15 is 0 Å². The van der Waals surface area contributed by atoms with Crippen LogP contribution in [0.15, 0.2) is 85.5 Å². The predicted octanol–water partition coefficient (Wildman–Crippen LogP) is 6.54. The summed E-state index contributed by atoms with van der Waals surface area (Å²) in [6, 6.07) is 18.6. The molecule has 2 heterocycles. The molecule has 9 nitrogen and oxygen atoms in total. The highest BCUT2D eigenvalue weighted by atomic mass is 79.9. The SMILES string of the molecule is CC[C@@H](C)Oc1ccc([N+](=O)[O-])cc1C=Nn1c(-c2cc3cc(Br)ccc3o2)nc2ccccc2c1=O. The monoisotopic (exact) mass is 560 g/mol. The molecule has 0 saturated heterocycles. The molecule has 3 aromatic carbocycles. The number of nitro groups is 1. The Kier molecular flexibility index (Phi) is 6.58. The molecule has 0 aliphatic heterocycles. The van der Waals surface area contributed by atoms with Crippen LogP contribution in [0.4, 0.5) is 5.69 Å². The molecule has 0 N–H and O–H groups in total. The topological polar surface area (TPSA) is 113 Å². The van der Waals surface area contributed by atoms with Crippen molar-refractivity contribution >= 4 is 49.7 Å². The van der Waals surface area contributed by atoms with E-state index < -0.39 is 10.5 Å². The molecule has 1 atom stereocenters. The number of ether oxygens (including phenoxy) is 1. The fourth-order valence-electron chi connectivity index (χ4n) is 3.79. The quantitative estimate of drug-likeness (QED) is 0.127. The minimum absolute atomic E-state index is 0.120. The van der Waals surface area contributed by atoms with Crippen molar-refractivity contribution in [2.45, 2.75) is 26.4 Å². The summed E-state index contributed by atoms with van der Waals surface area (Å²) in [5.41, 5.74) is 0.943. The highest BCUT2D eigenvalue weighted by Gasteiger charge is 2.18. The maximum absolute atomic E-state index is 13.5. The smallest absolute Gasteiger partial charge is 0.282 e. The van der Waals surface area contributed by atoms with E-state index in [0.29, 0.717) is 33.6 Å². The molecule has 2 aromatic heterocycles. The number of nitrogens with zero attached hydrogens (tertiary/aromatic N) is 4. The molecule has 37 heavy (non-hydrogen) atoms. The van der Waals surface area contributed by atoms with E-state index in [4.69, 9.17) is 9.15 Å². The van der Waals surface area contributed by atoms with E-state index in [0.717, 1.165) is 21.0 Å². The number of rotatable bonds is 7. The Labute approximate surface area is 219 Å². The Hall–Kier alpha value is -4.31. The summed E-state index contributed by atoms with van der Waals surface area (Å²) in [6.45, 7) is 3.88. The van der Waals surface area contributed by atoms with E-state index in [-0.39, 0.29) is 17.6 Å². The second kappa shape index (κ2) is 9.98. The van der Waals surface area contributed by atoms with Gasteiger partial charge in [-0.1, -0.05) is 35.0 Å². The van der Waals surface area contributed by atoms with Crippen molar-refractivity contribution in [2.75, 3.05) is 0 Å². The molecular weight excluding hydrogens is 540 g/mol. The van der Waals surface area contributed by atoms with Gasteiger partial charge in [-0.15, -0.1) is 0 Å². The van der Waals surface area contributed by atoms with E-state index in [1.54, 1.807) is 30.3 Å². The first kappa shape index (κ1) is 24.4. The number of nitro benzene ring substituents is 1. The fourth-order valence-corrected chi connectivity index (χ4v) is 4.17. The Morgan fingerprint density at radius 2 is 2.00 bits per heavy atom. The van der Waals surface area contributed by atoms with Crippen LogP contribution >= 0.6 is 15.9 Å². The second-order valence-corrected chi connectivity index (χ2v) is 9.34. The first-order valence-corrected chi connectivity index (χ1v) is 12.3. The van der Waals surface area contributed by atoms with Crippen LogP contribution in [0.3, 0.4) is 0 Å². The molecule has 186 valence electrons. The van der Waals surface area contributed by atoms with Crippen molar-refractivity contribution in [3.8, 4) is 17.3 Å². The minimum atomic E-state index is -0.494. The van der Waals surface area contributed by atoms with Gasteiger partial charge in [0, 0.05) is 27.6 Å². The Morgan fingerprint density at radius 1 is 1.19 bits per heavy atom. The van der Waals surface area contributed by atoms with Crippen LogP contribution in [0, 0.1) is 10.1 Å². The number of benzene rings is 3. The maximum Gasteiger partial charge on any atom is 0.282 e. The standard InChI is InChI=1S/C27H21BrN4O5/c1-3-16(2)36-24-11-9-20(32(34)35)13-18(24)15-29-31-26(30-22-7-5-4-6-21(22)27(31)33)25-14-17-12-19(28)8-10-23(17)37-25/h4-16H,3H2,1-2H3/t16-/m1/s1. The van der Waals surface area contributed by atoms with Gasteiger partial charge in [-0.3, -0.25) is 14.9 Å². The number of non-ortho nitro benzene ring substituents is 1. The van der Waals surface area contributed by atoms with E-state index in [1.807, 2.05) is 32.0 Å². The number of hydrogen-bond acceptors (Lipinski definition) is 7. The lowest BCUT2D eigenvalue weighted by Gasteiger charge is -2.14. The van der Waals surface area contributed by atoms with Gasteiger partial charge in [0.25, 0.3) is 11.2 Å². The second-order valence-electron chi connectivity index (χ2n) is 8.42. The Morgan fingerprint density at radius 3 is 2.78 bits per heavy atom. The third-order valence-electron chi connectivity index (χ3n) is 5.87. The van der Waals surface area contributed by atoms with Crippen LogP contribution in [0.25, 0.3) is 33.5 Å². The summed E-state index contributed by atoms with van der Waals surface area (Å²) in [7, 11) is 0. The molecule has 5 rings (SSSR count). The number of para-hydroxylation sites is 1. The van der Waals surface area contributed by atoms with Crippen LogP contribution in [-0.2, 0) is 0 Å². The van der Waals surface area contributed by atoms with Crippen LogP contribution in [0.2, 0.25) is 0 Å². The van der Waals surface area contributed by atoms with Crippen molar-refractivity contribution in [3.63, 3.8) is 0 Å². The van der Waals surface area contributed by atoms with Gasteiger partial charge in [-0.2, -0.15) is 9.78 Å². The lowest BCUT2D eigenvalue weighted by Crippen LogP contribution is -2.20. The molecule has 0 bridgehead atoms. The highest BCUT2D eigenvalue weighted by molar-refractivity contribution is 9.10. The number of halogens is 1. The molecule has 0 unspecified atom stereocenters. The Balaban J connectivity index is 1.70. The van der Waals surface area contributed by atoms with Gasteiger partial charge in [0.2, 0.25) is 5.82 Å². The average Bonchev–Trinajstić information content (AvgIpc) is 3.31. The summed E-state index contributed by atoms with van der Waals surface area (Å²) in [5.74, 6) is 0.964. The lowest BCUT2D eigenvalue weighted by atomic mass is 10.2. The van der Waals surface area contributed by atoms with Gasteiger partial charge < -0.3 is 9.15 Å². The van der Waals surface area contributed by atoms with Gasteiger partial charge in [0.15, 0.2) is 5.76 Å². The molecule has 0 aliphatic carbocycles. The predicted molar refractivity (Wildman–Crippen MR) is 145 cm³/mol. The summed E-state index contributed by atoms with van der Waals surface area (Å²) in [4.78, 5) is 29.1. The number of fused-ring (bicyclic) bond motifs is 2. The van der Waals surface area contributed by atoms with Gasteiger partial charge in [0.05, 0.1) is 28.1 Å². The molecular formula is C27H21BrN4O5. The van der Waals surface area contributed by atoms with Crippen molar-refractivity contribution in [1.29, 1.82) is 0 Å². The summed E-state index contributed by atoms with van der Waals surface area (Å²) >= 11 is 3.46. The lowest BCUT2D eigenvalue weighted by molar-refractivity contribution is -0.384. The van der Waals surface area contributed by atoms with Crippen molar-refractivity contribution in [3.05, 3.63) is 97.2 Å². The Bertz CT molecular complexity index is 1740. The van der Waals surface area contributed by atoms with E-state index in [1.165, 1.54) is 24.4 Å². The van der Waals surface area contributed by atoms with E-state index in [9.17, 15) is 14.9 Å². The molecule has 5 aromatic rings. The summed E-state index contributed by atoms with van der Waals surface area (Å²) < 4.78 is 14.0. The first-order valence-electron chi connectivity index (χ1n) is 11.5. The highest BCUT2D eigenvalue weighted by Crippen LogP contribution is 2.30. The van der Waals surface area contributed by atoms with Crippen LogP contribution < -0.4 is 10.3 Å². The molecule has 0 aliphatic rings. The van der Waals surface area contributed by atoms with Crippen molar-refractivity contribution in [1.82, 2.24) is 9.66 Å². The fraction of sp³-hybridized carbons (Fsp3) is 0.148. The van der Waals surface area contributed by atoms with E-state index in [2.05, 4.69) is 26.0 Å². The molecule has 0 fully saturated rings. The van der Waals surface area contributed by atoms with Gasteiger partial charge in [-0.05, 0) is 55.8 Å². The van der Waals surface area contributed by atoms with Crippen LogP contribution in [0.5, 0.6) is 5.75 Å². The molecule has 0 radical (unpaired) electrons. The van der Waals surface area contributed by atoms with Gasteiger partial charge >= 0.3 is 0 Å².